The van der Waals surface area contributed by atoms with Crippen molar-refractivity contribution in [3.05, 3.63) is 23.8 Å². The van der Waals surface area contributed by atoms with Crippen molar-refractivity contribution in [2.24, 2.45) is 0 Å². The van der Waals surface area contributed by atoms with Gasteiger partial charge in [-0.2, -0.15) is 0 Å². The molecule has 0 aliphatic rings. The highest BCUT2D eigenvalue weighted by Gasteiger charge is 2.05. The number of unbranched alkanes of at least 4 members (excludes halogenated alkanes) is 2. The van der Waals surface area contributed by atoms with Crippen molar-refractivity contribution in [1.82, 2.24) is 0 Å². The number of hydrogen-bond donors (Lipinski definition) is 2. The fraction of sp³-hybridized carbons (Fsp3) is 0.462. The molecule has 17 heavy (non-hydrogen) atoms. The fourth-order valence-electron chi connectivity index (χ4n) is 1.49. The molecule has 0 aliphatic carbocycles. The van der Waals surface area contributed by atoms with Gasteiger partial charge in [-0.3, -0.25) is 4.79 Å². The van der Waals surface area contributed by atoms with Crippen molar-refractivity contribution < 1.29 is 9.53 Å². The minimum atomic E-state index is -0.172. The van der Waals surface area contributed by atoms with E-state index in [9.17, 15) is 4.79 Å². The Kier molecular flexibility index (Phi) is 5.33. The number of esters is 1. The van der Waals surface area contributed by atoms with Crippen LogP contribution in [0.3, 0.4) is 0 Å². The zero-order valence-electron chi connectivity index (χ0n) is 10.2. The normalized spacial score (nSPS) is 10.2. The second-order valence-electron chi connectivity index (χ2n) is 4.08. The summed E-state index contributed by atoms with van der Waals surface area (Å²) in [4.78, 5) is 11.4. The van der Waals surface area contributed by atoms with E-state index in [1.165, 1.54) is 0 Å². The van der Waals surface area contributed by atoms with E-state index < -0.39 is 0 Å². The Morgan fingerprint density at radius 2 is 2.06 bits per heavy atom. The number of nitrogens with two attached hydrogens (primary N) is 2. The quantitative estimate of drug-likeness (QED) is 0.452. The van der Waals surface area contributed by atoms with Crippen LogP contribution in [-0.4, -0.2) is 5.97 Å². The molecule has 0 spiro atoms. The average Bonchev–Trinajstić information content (AvgIpc) is 2.28. The molecule has 0 saturated heterocycles. The van der Waals surface area contributed by atoms with Gasteiger partial charge in [0.25, 0.3) is 0 Å². The number of ether oxygens (including phenoxy) is 1. The molecule has 0 radical (unpaired) electrons. The second-order valence-corrected chi connectivity index (χ2v) is 4.08. The van der Waals surface area contributed by atoms with Gasteiger partial charge in [0.15, 0.2) is 0 Å². The maximum atomic E-state index is 11.4. The lowest BCUT2D eigenvalue weighted by atomic mass is 10.2. The van der Waals surface area contributed by atoms with Crippen molar-refractivity contribution in [1.29, 1.82) is 0 Å². The van der Waals surface area contributed by atoms with E-state index in [-0.39, 0.29) is 12.6 Å². The average molecular weight is 236 g/mol. The van der Waals surface area contributed by atoms with Gasteiger partial charge in [0.2, 0.25) is 0 Å². The van der Waals surface area contributed by atoms with E-state index in [4.69, 9.17) is 16.2 Å². The van der Waals surface area contributed by atoms with Crippen LogP contribution in [0.2, 0.25) is 0 Å². The van der Waals surface area contributed by atoms with E-state index in [1.54, 1.807) is 18.2 Å². The van der Waals surface area contributed by atoms with Crippen molar-refractivity contribution in [2.45, 2.75) is 39.2 Å². The van der Waals surface area contributed by atoms with E-state index in [1.807, 2.05) is 0 Å². The van der Waals surface area contributed by atoms with Gasteiger partial charge in [-0.15, -0.1) is 0 Å². The lowest BCUT2D eigenvalue weighted by Gasteiger charge is -2.08. The smallest absolute Gasteiger partial charge is 0.306 e. The van der Waals surface area contributed by atoms with Crippen molar-refractivity contribution in [3.63, 3.8) is 0 Å². The Hall–Kier alpha value is -1.71. The molecule has 1 rings (SSSR count). The summed E-state index contributed by atoms with van der Waals surface area (Å²) in [7, 11) is 0. The lowest BCUT2D eigenvalue weighted by molar-refractivity contribution is -0.145. The first kappa shape index (κ1) is 13.4. The van der Waals surface area contributed by atoms with Gasteiger partial charge in [-0.1, -0.05) is 25.8 Å². The van der Waals surface area contributed by atoms with Crippen LogP contribution < -0.4 is 11.5 Å². The summed E-state index contributed by atoms with van der Waals surface area (Å²) in [5.41, 5.74) is 13.3. The molecule has 0 aromatic heterocycles. The summed E-state index contributed by atoms with van der Waals surface area (Å²) >= 11 is 0. The highest BCUT2D eigenvalue weighted by atomic mass is 16.5. The highest BCUT2D eigenvalue weighted by molar-refractivity contribution is 5.69. The van der Waals surface area contributed by atoms with Gasteiger partial charge < -0.3 is 16.2 Å². The number of hydrogen-bond acceptors (Lipinski definition) is 4. The van der Waals surface area contributed by atoms with Crippen molar-refractivity contribution in [2.75, 3.05) is 11.5 Å². The van der Waals surface area contributed by atoms with Gasteiger partial charge in [-0.25, -0.2) is 0 Å². The number of anilines is 2. The zero-order chi connectivity index (χ0) is 12.7. The van der Waals surface area contributed by atoms with Gasteiger partial charge in [0.05, 0.1) is 0 Å². The second kappa shape index (κ2) is 6.78. The standard InChI is InChI=1S/C13H20N2O2/c1-2-3-4-5-13(16)17-9-10-6-7-11(14)8-12(10)15/h6-8H,2-5,9,14-15H2,1H3. The van der Waals surface area contributed by atoms with Crippen molar-refractivity contribution in [3.8, 4) is 0 Å². The molecule has 0 bridgehead atoms. The molecule has 1 aromatic carbocycles. The minimum absolute atomic E-state index is 0.172. The highest BCUT2D eigenvalue weighted by Crippen LogP contribution is 2.16. The largest absolute Gasteiger partial charge is 0.461 e. The van der Waals surface area contributed by atoms with E-state index in [0.29, 0.717) is 17.8 Å². The van der Waals surface area contributed by atoms with Gasteiger partial charge >= 0.3 is 5.97 Å². The van der Waals surface area contributed by atoms with Gasteiger partial charge in [-0.05, 0) is 18.6 Å². The molecule has 0 fully saturated rings. The first-order valence-corrected chi connectivity index (χ1v) is 5.93. The Bertz CT molecular complexity index is 378. The van der Waals surface area contributed by atoms with Crippen LogP contribution in [0.1, 0.15) is 38.2 Å². The first-order chi connectivity index (χ1) is 8.13. The van der Waals surface area contributed by atoms with Crippen LogP contribution in [0.25, 0.3) is 0 Å². The summed E-state index contributed by atoms with van der Waals surface area (Å²) in [5, 5.41) is 0. The van der Waals surface area contributed by atoms with Crippen LogP contribution in [0.15, 0.2) is 18.2 Å². The van der Waals surface area contributed by atoms with E-state index in [2.05, 4.69) is 6.92 Å². The number of rotatable bonds is 6. The number of benzene rings is 1. The monoisotopic (exact) mass is 236 g/mol. The molecule has 0 heterocycles. The van der Waals surface area contributed by atoms with Gasteiger partial charge in [0, 0.05) is 23.4 Å². The number of carbonyl (C=O) groups excluding carboxylic acids is 1. The molecule has 4 N–H and O–H groups in total. The first-order valence-electron chi connectivity index (χ1n) is 5.93. The van der Waals surface area contributed by atoms with Crippen LogP contribution in [-0.2, 0) is 16.1 Å². The lowest BCUT2D eigenvalue weighted by Crippen LogP contribution is -2.06. The Balaban J connectivity index is 2.37. The molecule has 4 heteroatoms. The third-order valence-electron chi connectivity index (χ3n) is 2.54. The summed E-state index contributed by atoms with van der Waals surface area (Å²) in [5.74, 6) is -0.172. The SMILES string of the molecule is CCCCCC(=O)OCc1ccc(N)cc1N. The molecule has 94 valence electrons. The van der Waals surface area contributed by atoms with Crippen LogP contribution in [0.5, 0.6) is 0 Å². The van der Waals surface area contributed by atoms with Crippen LogP contribution in [0, 0.1) is 0 Å². The maximum Gasteiger partial charge on any atom is 0.306 e. The Morgan fingerprint density at radius 3 is 2.71 bits per heavy atom. The molecule has 1 aromatic rings. The predicted molar refractivity (Wildman–Crippen MR) is 69.2 cm³/mol. The van der Waals surface area contributed by atoms with Crippen molar-refractivity contribution >= 4 is 17.3 Å². The summed E-state index contributed by atoms with van der Waals surface area (Å²) in [6.45, 7) is 2.32. The molecule has 0 saturated carbocycles. The predicted octanol–water partition coefficient (Wildman–Crippen LogP) is 2.47. The number of nitrogen functional groups attached to an aromatic ring is 2. The molecule has 4 nitrogen and oxygen atoms in total. The molecule has 0 aliphatic heterocycles. The molecular formula is C13H20N2O2. The summed E-state index contributed by atoms with van der Waals surface area (Å²) in [6, 6.07) is 5.20. The summed E-state index contributed by atoms with van der Waals surface area (Å²) in [6.07, 6.45) is 3.51. The molecule has 0 unspecified atom stereocenters. The minimum Gasteiger partial charge on any atom is -0.461 e. The summed E-state index contributed by atoms with van der Waals surface area (Å²) < 4.78 is 5.14. The zero-order valence-corrected chi connectivity index (χ0v) is 10.2. The topological polar surface area (TPSA) is 78.3 Å². The Morgan fingerprint density at radius 1 is 1.29 bits per heavy atom. The third-order valence-corrected chi connectivity index (χ3v) is 2.54. The third kappa shape index (κ3) is 4.76. The maximum absolute atomic E-state index is 11.4. The van der Waals surface area contributed by atoms with Crippen LogP contribution in [0.4, 0.5) is 11.4 Å². The fourth-order valence-corrected chi connectivity index (χ4v) is 1.49. The van der Waals surface area contributed by atoms with Gasteiger partial charge in [0.1, 0.15) is 6.61 Å². The molecule has 0 atom stereocenters. The van der Waals surface area contributed by atoms with Crippen LogP contribution >= 0.6 is 0 Å². The molecular weight excluding hydrogens is 216 g/mol. The number of carbonyl (C=O) groups is 1. The van der Waals surface area contributed by atoms with E-state index in [0.717, 1.165) is 24.8 Å². The Labute approximate surface area is 102 Å². The molecule has 0 amide bonds. The van der Waals surface area contributed by atoms with E-state index >= 15 is 0 Å².